The Morgan fingerprint density at radius 2 is 1.88 bits per heavy atom. The van der Waals surface area contributed by atoms with Crippen LogP contribution in [0.2, 0.25) is 0 Å². The third-order valence-electron chi connectivity index (χ3n) is 2.66. The fourth-order valence-electron chi connectivity index (χ4n) is 1.65. The highest BCUT2D eigenvalue weighted by Gasteiger charge is 2.04. The van der Waals surface area contributed by atoms with Gasteiger partial charge in [-0.15, -0.1) is 0 Å². The van der Waals surface area contributed by atoms with Crippen LogP contribution in [0, 0.1) is 6.92 Å². The average Bonchev–Trinajstić information content (AvgIpc) is 2.24. The highest BCUT2D eigenvalue weighted by molar-refractivity contribution is 9.11. The number of halogens is 2. The smallest absolute Gasteiger partial charge is 0.303 e. The van der Waals surface area contributed by atoms with E-state index in [4.69, 9.17) is 5.11 Å². The summed E-state index contributed by atoms with van der Waals surface area (Å²) >= 11 is 7.08. The van der Waals surface area contributed by atoms with E-state index in [1.165, 1.54) is 11.1 Å². The van der Waals surface area contributed by atoms with Crippen LogP contribution in [0.4, 0.5) is 0 Å². The number of benzene rings is 1. The minimum Gasteiger partial charge on any atom is -0.481 e. The van der Waals surface area contributed by atoms with Crippen molar-refractivity contribution in [2.75, 3.05) is 0 Å². The van der Waals surface area contributed by atoms with Gasteiger partial charge in [0, 0.05) is 15.4 Å². The minimum absolute atomic E-state index is 0.277. The summed E-state index contributed by atoms with van der Waals surface area (Å²) < 4.78 is 2.26. The van der Waals surface area contributed by atoms with Crippen molar-refractivity contribution in [2.45, 2.75) is 39.0 Å². The van der Waals surface area contributed by atoms with Crippen molar-refractivity contribution < 1.29 is 9.90 Å². The number of hydrogen-bond donors (Lipinski definition) is 1. The maximum Gasteiger partial charge on any atom is 0.303 e. The first-order valence-corrected chi connectivity index (χ1v) is 7.25. The van der Waals surface area contributed by atoms with Gasteiger partial charge in [-0.05, 0) is 49.4 Å². The van der Waals surface area contributed by atoms with E-state index in [0.29, 0.717) is 0 Å². The molecule has 2 nitrogen and oxygen atoms in total. The Labute approximate surface area is 119 Å². The molecule has 0 saturated heterocycles. The molecule has 1 aromatic rings. The molecule has 0 aliphatic carbocycles. The van der Waals surface area contributed by atoms with Crippen LogP contribution in [-0.4, -0.2) is 11.1 Å². The van der Waals surface area contributed by atoms with Crippen molar-refractivity contribution >= 4 is 37.8 Å². The van der Waals surface area contributed by atoms with Crippen molar-refractivity contribution in [1.82, 2.24) is 0 Å². The molecule has 0 unspecified atom stereocenters. The van der Waals surface area contributed by atoms with Gasteiger partial charge in [0.1, 0.15) is 0 Å². The van der Waals surface area contributed by atoms with Crippen molar-refractivity contribution in [3.8, 4) is 0 Å². The molecule has 0 aliphatic rings. The molecule has 0 radical (unpaired) electrons. The van der Waals surface area contributed by atoms with E-state index in [-0.39, 0.29) is 6.42 Å². The Bertz CT molecular complexity index is 403. The molecule has 0 heterocycles. The summed E-state index contributed by atoms with van der Waals surface area (Å²) in [5, 5.41) is 8.53. The van der Waals surface area contributed by atoms with Crippen molar-refractivity contribution in [1.29, 1.82) is 0 Å². The SMILES string of the molecule is Cc1cc(Br)c(CCCCCC(=O)O)cc1Br. The lowest BCUT2D eigenvalue weighted by Crippen LogP contribution is -1.95. The molecule has 1 aromatic carbocycles. The Balaban J connectivity index is 2.41. The molecule has 0 bridgehead atoms. The van der Waals surface area contributed by atoms with Gasteiger partial charge in [0.05, 0.1) is 0 Å². The summed E-state index contributed by atoms with van der Waals surface area (Å²) in [6.07, 6.45) is 4.02. The van der Waals surface area contributed by atoms with Crippen LogP contribution in [-0.2, 0) is 11.2 Å². The van der Waals surface area contributed by atoms with E-state index in [2.05, 4.69) is 50.9 Å². The Morgan fingerprint density at radius 1 is 1.18 bits per heavy atom. The van der Waals surface area contributed by atoms with Crippen molar-refractivity contribution in [3.05, 3.63) is 32.2 Å². The molecule has 1 N–H and O–H groups in total. The molecular weight excluding hydrogens is 348 g/mol. The zero-order valence-corrected chi connectivity index (χ0v) is 13.0. The van der Waals surface area contributed by atoms with Crippen molar-refractivity contribution in [3.63, 3.8) is 0 Å². The molecule has 17 heavy (non-hydrogen) atoms. The number of hydrogen-bond acceptors (Lipinski definition) is 1. The summed E-state index contributed by atoms with van der Waals surface area (Å²) in [7, 11) is 0. The second-order valence-corrected chi connectivity index (χ2v) is 5.86. The lowest BCUT2D eigenvalue weighted by molar-refractivity contribution is -0.137. The number of rotatable bonds is 6. The summed E-state index contributed by atoms with van der Waals surface area (Å²) in [6, 6.07) is 4.24. The van der Waals surface area contributed by atoms with Crippen LogP contribution in [0.15, 0.2) is 21.1 Å². The van der Waals surface area contributed by atoms with Gasteiger partial charge in [-0.25, -0.2) is 0 Å². The Hall–Kier alpha value is -0.350. The second kappa shape index (κ2) is 7.17. The number of carboxylic acid groups (broad SMARTS) is 1. The number of aliphatic carboxylic acids is 1. The summed E-state index contributed by atoms with van der Waals surface area (Å²) in [6.45, 7) is 2.06. The maximum atomic E-state index is 10.4. The van der Waals surface area contributed by atoms with Crippen LogP contribution in [0.5, 0.6) is 0 Å². The lowest BCUT2D eigenvalue weighted by Gasteiger charge is -2.07. The topological polar surface area (TPSA) is 37.3 Å². The van der Waals surface area contributed by atoms with Gasteiger partial charge in [0.2, 0.25) is 0 Å². The van der Waals surface area contributed by atoms with Crippen LogP contribution >= 0.6 is 31.9 Å². The van der Waals surface area contributed by atoms with E-state index in [0.717, 1.165) is 34.6 Å². The van der Waals surface area contributed by atoms with E-state index in [1.54, 1.807) is 0 Å². The van der Waals surface area contributed by atoms with E-state index in [9.17, 15) is 4.79 Å². The number of carboxylic acids is 1. The highest BCUT2D eigenvalue weighted by Crippen LogP contribution is 2.26. The Morgan fingerprint density at radius 3 is 2.53 bits per heavy atom. The number of aryl methyl sites for hydroxylation is 2. The number of unbranched alkanes of at least 4 members (excludes halogenated alkanes) is 2. The predicted molar refractivity (Wildman–Crippen MR) is 76.4 cm³/mol. The van der Waals surface area contributed by atoms with Crippen LogP contribution in [0.3, 0.4) is 0 Å². The van der Waals surface area contributed by atoms with Gasteiger partial charge in [-0.1, -0.05) is 38.3 Å². The van der Waals surface area contributed by atoms with Gasteiger partial charge in [0.15, 0.2) is 0 Å². The van der Waals surface area contributed by atoms with Gasteiger partial charge < -0.3 is 5.11 Å². The average molecular weight is 364 g/mol. The fourth-order valence-corrected chi connectivity index (χ4v) is 2.69. The molecule has 0 fully saturated rings. The van der Waals surface area contributed by atoms with Crippen LogP contribution in [0.1, 0.15) is 36.8 Å². The third-order valence-corrected chi connectivity index (χ3v) is 4.26. The zero-order chi connectivity index (χ0) is 12.8. The molecule has 94 valence electrons. The molecule has 0 atom stereocenters. The van der Waals surface area contributed by atoms with Gasteiger partial charge >= 0.3 is 5.97 Å². The van der Waals surface area contributed by atoms with Gasteiger partial charge in [-0.3, -0.25) is 4.79 Å². The molecule has 1 rings (SSSR count). The number of carbonyl (C=O) groups is 1. The molecule has 0 aromatic heterocycles. The Kier molecular flexibility index (Phi) is 6.20. The first-order valence-electron chi connectivity index (χ1n) is 5.67. The summed E-state index contributed by atoms with van der Waals surface area (Å²) in [5.41, 5.74) is 2.49. The first-order chi connectivity index (χ1) is 8.00. The minimum atomic E-state index is -0.704. The maximum absolute atomic E-state index is 10.4. The summed E-state index contributed by atoms with van der Waals surface area (Å²) in [4.78, 5) is 10.4. The van der Waals surface area contributed by atoms with Gasteiger partial charge in [-0.2, -0.15) is 0 Å². The standard InChI is InChI=1S/C13H16Br2O2/c1-9-7-12(15)10(8-11(9)14)5-3-2-4-6-13(16)17/h7-8H,2-6H2,1H3,(H,16,17). The largest absolute Gasteiger partial charge is 0.481 e. The predicted octanol–water partition coefficient (Wildman–Crippen LogP) is 4.71. The molecule has 0 aliphatic heterocycles. The van der Waals surface area contributed by atoms with E-state index in [1.807, 2.05) is 0 Å². The molecule has 0 spiro atoms. The van der Waals surface area contributed by atoms with Crippen molar-refractivity contribution in [2.24, 2.45) is 0 Å². The second-order valence-electron chi connectivity index (χ2n) is 4.15. The third kappa shape index (κ3) is 5.21. The monoisotopic (exact) mass is 362 g/mol. The van der Waals surface area contributed by atoms with E-state index < -0.39 is 5.97 Å². The van der Waals surface area contributed by atoms with Crippen LogP contribution in [0.25, 0.3) is 0 Å². The zero-order valence-electron chi connectivity index (χ0n) is 9.80. The molecule has 0 saturated carbocycles. The van der Waals surface area contributed by atoms with Gasteiger partial charge in [0.25, 0.3) is 0 Å². The van der Waals surface area contributed by atoms with E-state index >= 15 is 0 Å². The quantitative estimate of drug-likeness (QED) is 0.743. The molecule has 0 amide bonds. The lowest BCUT2D eigenvalue weighted by atomic mass is 10.0. The summed E-state index contributed by atoms with van der Waals surface area (Å²) in [5.74, 6) is -0.704. The highest BCUT2D eigenvalue weighted by atomic mass is 79.9. The first kappa shape index (κ1) is 14.7. The molecule has 4 heteroatoms. The van der Waals surface area contributed by atoms with Crippen LogP contribution < -0.4 is 0 Å². The normalized spacial score (nSPS) is 10.5. The molecular formula is C13H16Br2O2. The fraction of sp³-hybridized carbons (Fsp3) is 0.462.